The van der Waals surface area contributed by atoms with Gasteiger partial charge in [0.05, 0.1) is 12.2 Å². The molecule has 3 rings (SSSR count). The topological polar surface area (TPSA) is 59.1 Å². The van der Waals surface area contributed by atoms with Crippen LogP contribution in [0, 0.1) is 0 Å². The van der Waals surface area contributed by atoms with Gasteiger partial charge in [-0.05, 0) is 13.8 Å². The largest absolute Gasteiger partial charge is 0.377 e. The van der Waals surface area contributed by atoms with Crippen LogP contribution < -0.4 is 0 Å². The maximum atomic E-state index is 12.6. The summed E-state index contributed by atoms with van der Waals surface area (Å²) in [7, 11) is 0. The van der Waals surface area contributed by atoms with Gasteiger partial charge in [0.2, 0.25) is 11.8 Å². The Labute approximate surface area is 119 Å². The first-order valence-electron chi connectivity index (χ1n) is 7.49. The maximum absolute atomic E-state index is 12.6. The molecule has 3 saturated heterocycles. The van der Waals surface area contributed by atoms with Crippen molar-refractivity contribution >= 4 is 11.8 Å². The molecular weight excluding hydrogens is 260 g/mol. The van der Waals surface area contributed by atoms with Crippen molar-refractivity contribution in [1.82, 2.24) is 9.80 Å². The summed E-state index contributed by atoms with van der Waals surface area (Å²) in [5.74, 6) is 0.137. The number of hydrogen-bond donors (Lipinski definition) is 0. The van der Waals surface area contributed by atoms with Gasteiger partial charge < -0.3 is 19.3 Å². The average Bonchev–Trinajstić information content (AvgIpc) is 3.02. The Morgan fingerprint density at radius 1 is 0.900 bits per heavy atom. The van der Waals surface area contributed by atoms with Gasteiger partial charge in [-0.15, -0.1) is 0 Å². The molecule has 0 unspecified atom stereocenters. The van der Waals surface area contributed by atoms with E-state index in [1.807, 2.05) is 13.8 Å². The van der Waals surface area contributed by atoms with Gasteiger partial charge >= 0.3 is 0 Å². The third-order valence-corrected chi connectivity index (χ3v) is 4.47. The third-order valence-electron chi connectivity index (χ3n) is 4.47. The molecule has 3 aliphatic rings. The van der Waals surface area contributed by atoms with Gasteiger partial charge in [-0.2, -0.15) is 0 Å². The van der Waals surface area contributed by atoms with Crippen LogP contribution in [0.2, 0.25) is 0 Å². The lowest BCUT2D eigenvalue weighted by molar-refractivity contribution is -0.157. The smallest absolute Gasteiger partial charge is 0.246 e. The minimum absolute atomic E-state index is 0.000570. The lowest BCUT2D eigenvalue weighted by Crippen LogP contribution is -2.60. The van der Waals surface area contributed by atoms with Crippen molar-refractivity contribution in [3.05, 3.63) is 0 Å². The van der Waals surface area contributed by atoms with Crippen LogP contribution in [0.1, 0.15) is 26.7 Å². The predicted molar refractivity (Wildman–Crippen MR) is 71.1 cm³/mol. The highest BCUT2D eigenvalue weighted by Gasteiger charge is 2.53. The van der Waals surface area contributed by atoms with Crippen LogP contribution in [-0.4, -0.2) is 72.2 Å². The summed E-state index contributed by atoms with van der Waals surface area (Å²) < 4.78 is 11.2. The van der Waals surface area contributed by atoms with Gasteiger partial charge in [-0.3, -0.25) is 9.59 Å². The van der Waals surface area contributed by atoms with Gasteiger partial charge in [0, 0.05) is 39.1 Å². The molecule has 2 amide bonds. The van der Waals surface area contributed by atoms with Gasteiger partial charge in [0.15, 0.2) is 0 Å². The van der Waals surface area contributed by atoms with E-state index < -0.39 is 0 Å². The van der Waals surface area contributed by atoms with Gasteiger partial charge in [0.25, 0.3) is 0 Å². The van der Waals surface area contributed by atoms with Crippen molar-refractivity contribution in [1.29, 1.82) is 0 Å². The molecule has 0 aromatic rings. The van der Waals surface area contributed by atoms with Gasteiger partial charge in [-0.1, -0.05) is 0 Å². The second kappa shape index (κ2) is 5.33. The second-order valence-corrected chi connectivity index (χ2v) is 5.64. The first-order valence-corrected chi connectivity index (χ1v) is 7.49. The Morgan fingerprint density at radius 3 is 1.65 bits per heavy atom. The van der Waals surface area contributed by atoms with E-state index in [2.05, 4.69) is 0 Å². The Hall–Kier alpha value is -1.14. The standard InChI is InChI=1S/C14H22N2O4/c1-3-19-9-5-11-13(17)16-8-10(20-4-2)6-12(16)14(18)15(11)7-9/h9-12H,3-8H2,1-2H3/t9-,10-,11-,12+/m1/s1. The van der Waals surface area contributed by atoms with Crippen LogP contribution in [0.4, 0.5) is 0 Å². The Morgan fingerprint density at radius 2 is 1.30 bits per heavy atom. The third kappa shape index (κ3) is 2.11. The number of piperazine rings is 1. The number of rotatable bonds is 4. The zero-order chi connectivity index (χ0) is 14.3. The van der Waals surface area contributed by atoms with Crippen LogP contribution in [0.15, 0.2) is 0 Å². The fourth-order valence-electron chi connectivity index (χ4n) is 3.65. The number of nitrogens with zero attached hydrogens (tertiary/aromatic N) is 2. The number of fused-ring (bicyclic) bond motifs is 2. The molecule has 0 aromatic carbocycles. The number of ether oxygens (including phenoxy) is 2. The van der Waals surface area contributed by atoms with Gasteiger partial charge in [0.1, 0.15) is 12.1 Å². The summed E-state index contributed by atoms with van der Waals surface area (Å²) in [4.78, 5) is 28.5. The molecule has 3 aliphatic heterocycles. The summed E-state index contributed by atoms with van der Waals surface area (Å²) in [6.07, 6.45) is 1.25. The molecule has 0 N–H and O–H groups in total. The fraction of sp³-hybridized carbons (Fsp3) is 0.857. The predicted octanol–water partition coefficient (Wildman–Crippen LogP) is 0.0120. The fourth-order valence-corrected chi connectivity index (χ4v) is 3.65. The number of amides is 2. The first-order chi connectivity index (χ1) is 9.65. The van der Waals surface area contributed by atoms with E-state index in [0.29, 0.717) is 39.1 Å². The summed E-state index contributed by atoms with van der Waals surface area (Å²) in [6, 6.07) is -0.647. The van der Waals surface area contributed by atoms with E-state index >= 15 is 0 Å². The molecule has 6 heteroatoms. The average molecular weight is 282 g/mol. The van der Waals surface area contributed by atoms with Crippen LogP contribution >= 0.6 is 0 Å². The molecule has 20 heavy (non-hydrogen) atoms. The van der Waals surface area contributed by atoms with E-state index in [1.165, 1.54) is 0 Å². The number of carbonyl (C=O) groups excluding carboxylic acids is 2. The molecular formula is C14H22N2O4. The van der Waals surface area contributed by atoms with E-state index in [1.54, 1.807) is 9.80 Å². The minimum Gasteiger partial charge on any atom is -0.377 e. The van der Waals surface area contributed by atoms with E-state index in [4.69, 9.17) is 9.47 Å². The van der Waals surface area contributed by atoms with Crippen molar-refractivity contribution < 1.29 is 19.1 Å². The molecule has 0 bridgehead atoms. The van der Waals surface area contributed by atoms with Crippen LogP contribution in [-0.2, 0) is 19.1 Å². The molecule has 0 saturated carbocycles. The molecule has 0 radical (unpaired) electrons. The summed E-state index contributed by atoms with van der Waals surface area (Å²) >= 11 is 0. The quantitative estimate of drug-likeness (QED) is 0.729. The summed E-state index contributed by atoms with van der Waals surface area (Å²) in [5.41, 5.74) is 0. The number of hydrogen-bond acceptors (Lipinski definition) is 4. The molecule has 4 atom stereocenters. The minimum atomic E-state index is -0.323. The molecule has 0 aliphatic carbocycles. The lowest BCUT2D eigenvalue weighted by Gasteiger charge is -2.38. The molecule has 0 aromatic heterocycles. The molecule has 3 fully saturated rings. The van der Waals surface area contributed by atoms with Crippen molar-refractivity contribution in [2.24, 2.45) is 0 Å². The molecule has 0 spiro atoms. The summed E-state index contributed by atoms with van der Waals surface area (Å²) in [6.45, 7) is 6.21. The lowest BCUT2D eigenvalue weighted by atomic mass is 10.1. The first kappa shape index (κ1) is 13.8. The number of carbonyl (C=O) groups is 2. The monoisotopic (exact) mass is 282 g/mol. The van der Waals surface area contributed by atoms with E-state index in [9.17, 15) is 9.59 Å². The van der Waals surface area contributed by atoms with Crippen molar-refractivity contribution in [3.63, 3.8) is 0 Å². The maximum Gasteiger partial charge on any atom is 0.246 e. The van der Waals surface area contributed by atoms with E-state index in [0.717, 1.165) is 0 Å². The van der Waals surface area contributed by atoms with E-state index in [-0.39, 0.29) is 36.1 Å². The van der Waals surface area contributed by atoms with Gasteiger partial charge in [-0.25, -0.2) is 0 Å². The van der Waals surface area contributed by atoms with Crippen LogP contribution in [0.25, 0.3) is 0 Å². The molecule has 3 heterocycles. The zero-order valence-electron chi connectivity index (χ0n) is 12.1. The Bertz CT molecular complexity index is 348. The van der Waals surface area contributed by atoms with Crippen molar-refractivity contribution in [2.75, 3.05) is 26.3 Å². The normalized spacial score (nSPS) is 36.5. The molecule has 6 nitrogen and oxygen atoms in total. The second-order valence-electron chi connectivity index (χ2n) is 5.64. The highest BCUT2D eigenvalue weighted by atomic mass is 16.5. The SMILES string of the molecule is CCO[C@@H]1C[C@@H]2C(=O)N3C[C@H](OCC)C[C@H]3C(=O)N2C1. The zero-order valence-corrected chi connectivity index (χ0v) is 12.1. The summed E-state index contributed by atoms with van der Waals surface area (Å²) in [5, 5.41) is 0. The highest BCUT2D eigenvalue weighted by molar-refractivity contribution is 5.98. The van der Waals surface area contributed by atoms with Crippen LogP contribution in [0.3, 0.4) is 0 Å². The Kier molecular flexibility index (Phi) is 3.69. The van der Waals surface area contributed by atoms with Crippen molar-refractivity contribution in [3.8, 4) is 0 Å². The molecule has 112 valence electrons. The van der Waals surface area contributed by atoms with Crippen molar-refractivity contribution in [2.45, 2.75) is 51.0 Å². The highest BCUT2D eigenvalue weighted by Crippen LogP contribution is 2.33. The van der Waals surface area contributed by atoms with Crippen LogP contribution in [0.5, 0.6) is 0 Å². The Balaban J connectivity index is 1.75.